The predicted molar refractivity (Wildman–Crippen MR) is 135 cm³/mol. The highest BCUT2D eigenvalue weighted by Gasteiger charge is 2.11. The van der Waals surface area contributed by atoms with Crippen LogP contribution in [0.15, 0.2) is 71.2 Å². The highest BCUT2D eigenvalue weighted by molar-refractivity contribution is 9.10. The molecule has 0 radical (unpaired) electrons. The first kappa shape index (κ1) is 24.3. The van der Waals surface area contributed by atoms with E-state index < -0.39 is 0 Å². The van der Waals surface area contributed by atoms with Crippen LogP contribution in [0.3, 0.4) is 0 Å². The lowest BCUT2D eigenvalue weighted by molar-refractivity contribution is 0.101. The fourth-order valence-corrected chi connectivity index (χ4v) is 3.41. The number of hydrogen-bond donors (Lipinski definition) is 2. The van der Waals surface area contributed by atoms with E-state index in [9.17, 15) is 9.59 Å². The third-order valence-corrected chi connectivity index (χ3v) is 5.31. The number of benzene rings is 3. The number of halogens is 1. The Kier molecular flexibility index (Phi) is 8.89. The average Bonchev–Trinajstić information content (AvgIpc) is 2.83. The molecule has 3 rings (SSSR count). The molecule has 33 heavy (non-hydrogen) atoms. The van der Waals surface area contributed by atoms with E-state index in [1.54, 1.807) is 66.7 Å². The molecule has 0 atom stereocenters. The first-order valence-corrected chi connectivity index (χ1v) is 11.7. The van der Waals surface area contributed by atoms with Crippen molar-refractivity contribution in [1.82, 2.24) is 0 Å². The van der Waals surface area contributed by atoms with E-state index in [2.05, 4.69) is 26.6 Å². The maximum absolute atomic E-state index is 12.6. The summed E-state index contributed by atoms with van der Waals surface area (Å²) in [5.41, 5.74) is 2.25. The molecular formula is C26H27BrN2O4. The molecule has 0 aliphatic carbocycles. The maximum Gasteiger partial charge on any atom is 0.255 e. The quantitative estimate of drug-likeness (QED) is 0.325. The summed E-state index contributed by atoms with van der Waals surface area (Å²) < 4.78 is 11.7. The normalized spacial score (nSPS) is 10.4. The van der Waals surface area contributed by atoms with Crippen molar-refractivity contribution in [2.24, 2.45) is 0 Å². The van der Waals surface area contributed by atoms with E-state index in [-0.39, 0.29) is 11.8 Å². The maximum atomic E-state index is 12.6. The lowest BCUT2D eigenvalue weighted by Crippen LogP contribution is -2.14. The van der Waals surface area contributed by atoms with E-state index in [1.165, 1.54) is 0 Å². The van der Waals surface area contributed by atoms with E-state index in [1.807, 2.05) is 13.8 Å². The molecule has 0 aliphatic heterocycles. The summed E-state index contributed by atoms with van der Waals surface area (Å²) in [7, 11) is 0. The van der Waals surface area contributed by atoms with Crippen molar-refractivity contribution in [3.05, 3.63) is 82.3 Å². The molecule has 0 bridgehead atoms. The number of anilines is 2. The Balaban J connectivity index is 1.60. The summed E-state index contributed by atoms with van der Waals surface area (Å²) in [6.45, 7) is 5.36. The van der Waals surface area contributed by atoms with Crippen LogP contribution in [0.4, 0.5) is 11.4 Å². The second-order valence-corrected chi connectivity index (χ2v) is 8.20. The third-order valence-electron chi connectivity index (χ3n) is 4.65. The van der Waals surface area contributed by atoms with Gasteiger partial charge in [-0.2, -0.15) is 0 Å². The largest absolute Gasteiger partial charge is 0.494 e. The standard InChI is InChI=1S/C26H27BrN2O4/c1-3-15-32-21-10-5-18(6-11-21)25(30)28-20-9-14-24(23(27)17-20)29-26(31)19-7-12-22(13-8-19)33-16-4-2/h5-14,17H,3-4,15-16H2,1-2H3,(H,28,30)(H,29,31). The Morgan fingerprint density at radius 1 is 0.727 bits per heavy atom. The van der Waals surface area contributed by atoms with Crippen LogP contribution in [0.5, 0.6) is 11.5 Å². The van der Waals surface area contributed by atoms with Crippen molar-refractivity contribution in [1.29, 1.82) is 0 Å². The van der Waals surface area contributed by atoms with Crippen LogP contribution in [0.25, 0.3) is 0 Å². The summed E-state index contributed by atoms with van der Waals surface area (Å²) in [5, 5.41) is 5.73. The minimum atomic E-state index is -0.236. The second kappa shape index (κ2) is 12.1. The van der Waals surface area contributed by atoms with Crippen molar-refractivity contribution in [2.45, 2.75) is 26.7 Å². The number of hydrogen-bond acceptors (Lipinski definition) is 4. The van der Waals surface area contributed by atoms with Gasteiger partial charge in [-0.05, 0) is 95.5 Å². The Morgan fingerprint density at radius 3 is 1.67 bits per heavy atom. The van der Waals surface area contributed by atoms with Gasteiger partial charge in [-0.1, -0.05) is 13.8 Å². The van der Waals surface area contributed by atoms with Gasteiger partial charge in [-0.25, -0.2) is 0 Å². The fourth-order valence-electron chi connectivity index (χ4n) is 2.94. The number of rotatable bonds is 10. The van der Waals surface area contributed by atoms with Crippen LogP contribution in [0.2, 0.25) is 0 Å². The van der Waals surface area contributed by atoms with Crippen molar-refractivity contribution < 1.29 is 19.1 Å². The number of amides is 2. The van der Waals surface area contributed by atoms with Gasteiger partial charge in [0.25, 0.3) is 11.8 Å². The minimum Gasteiger partial charge on any atom is -0.494 e. The molecule has 3 aromatic rings. The first-order chi connectivity index (χ1) is 16.0. The number of nitrogens with one attached hydrogen (secondary N) is 2. The van der Waals surface area contributed by atoms with Crippen LogP contribution in [-0.2, 0) is 0 Å². The van der Waals surface area contributed by atoms with Gasteiger partial charge in [0.15, 0.2) is 0 Å². The van der Waals surface area contributed by atoms with Crippen molar-refractivity contribution in [2.75, 3.05) is 23.8 Å². The molecule has 0 heterocycles. The van der Waals surface area contributed by atoms with E-state index in [0.717, 1.165) is 24.3 Å². The molecule has 6 nitrogen and oxygen atoms in total. The van der Waals surface area contributed by atoms with Gasteiger partial charge in [0, 0.05) is 21.3 Å². The zero-order valence-electron chi connectivity index (χ0n) is 18.7. The number of ether oxygens (including phenoxy) is 2. The Morgan fingerprint density at radius 2 is 1.21 bits per heavy atom. The van der Waals surface area contributed by atoms with Gasteiger partial charge in [0.2, 0.25) is 0 Å². The molecule has 7 heteroatoms. The molecule has 0 aromatic heterocycles. The highest BCUT2D eigenvalue weighted by atomic mass is 79.9. The van der Waals surface area contributed by atoms with Crippen molar-refractivity contribution in [3.63, 3.8) is 0 Å². The molecule has 0 aliphatic rings. The molecule has 0 saturated heterocycles. The van der Waals surface area contributed by atoms with E-state index in [0.29, 0.717) is 40.2 Å². The molecule has 172 valence electrons. The molecule has 2 N–H and O–H groups in total. The number of carbonyl (C=O) groups is 2. The van der Waals surface area contributed by atoms with Gasteiger partial charge in [0.1, 0.15) is 11.5 Å². The van der Waals surface area contributed by atoms with Gasteiger partial charge in [0.05, 0.1) is 18.9 Å². The zero-order chi connectivity index (χ0) is 23.6. The predicted octanol–water partition coefficient (Wildman–Crippen LogP) is 6.53. The molecule has 2 amide bonds. The Hall–Kier alpha value is -3.32. The minimum absolute atomic E-state index is 0.230. The topological polar surface area (TPSA) is 76.7 Å². The highest BCUT2D eigenvalue weighted by Crippen LogP contribution is 2.27. The lowest BCUT2D eigenvalue weighted by atomic mass is 10.2. The van der Waals surface area contributed by atoms with Gasteiger partial charge >= 0.3 is 0 Å². The smallest absolute Gasteiger partial charge is 0.255 e. The molecule has 0 unspecified atom stereocenters. The summed E-state index contributed by atoms with van der Waals surface area (Å²) in [5.74, 6) is 1.00. The van der Waals surface area contributed by atoms with Crippen LogP contribution in [0, 0.1) is 0 Å². The third kappa shape index (κ3) is 7.08. The first-order valence-electron chi connectivity index (χ1n) is 10.9. The van der Waals surface area contributed by atoms with Crippen LogP contribution in [0.1, 0.15) is 47.4 Å². The summed E-state index contributed by atoms with van der Waals surface area (Å²) in [6.07, 6.45) is 1.85. The van der Waals surface area contributed by atoms with Gasteiger partial charge in [-0.3, -0.25) is 9.59 Å². The zero-order valence-corrected chi connectivity index (χ0v) is 20.3. The Bertz CT molecular complexity index is 1080. The SMILES string of the molecule is CCCOc1ccc(C(=O)Nc2ccc(NC(=O)c3ccc(OCCC)cc3)c(Br)c2)cc1. The van der Waals surface area contributed by atoms with Crippen molar-refractivity contribution in [3.8, 4) is 11.5 Å². The monoisotopic (exact) mass is 510 g/mol. The van der Waals surface area contributed by atoms with Crippen LogP contribution < -0.4 is 20.1 Å². The fraction of sp³-hybridized carbons (Fsp3) is 0.231. The summed E-state index contributed by atoms with van der Waals surface area (Å²) in [4.78, 5) is 25.1. The van der Waals surface area contributed by atoms with Crippen molar-refractivity contribution >= 4 is 39.1 Å². The Labute approximate surface area is 202 Å². The van der Waals surface area contributed by atoms with Crippen LogP contribution in [-0.4, -0.2) is 25.0 Å². The van der Waals surface area contributed by atoms with E-state index in [4.69, 9.17) is 9.47 Å². The molecule has 0 spiro atoms. The molecule has 0 saturated carbocycles. The average molecular weight is 511 g/mol. The molecular weight excluding hydrogens is 484 g/mol. The summed E-state index contributed by atoms with van der Waals surface area (Å²) >= 11 is 3.47. The molecule has 0 fully saturated rings. The second-order valence-electron chi connectivity index (χ2n) is 7.35. The summed E-state index contributed by atoms with van der Waals surface area (Å²) in [6, 6.07) is 19.2. The van der Waals surface area contributed by atoms with Crippen LogP contribution >= 0.6 is 15.9 Å². The van der Waals surface area contributed by atoms with Gasteiger partial charge < -0.3 is 20.1 Å². The van der Waals surface area contributed by atoms with Gasteiger partial charge in [-0.15, -0.1) is 0 Å². The number of carbonyl (C=O) groups excluding carboxylic acids is 2. The van der Waals surface area contributed by atoms with E-state index >= 15 is 0 Å². The lowest BCUT2D eigenvalue weighted by Gasteiger charge is -2.11. The molecule has 3 aromatic carbocycles.